The van der Waals surface area contributed by atoms with Crippen molar-refractivity contribution in [3.63, 3.8) is 0 Å². The minimum absolute atomic E-state index is 0.172. The molecule has 0 saturated carbocycles. The van der Waals surface area contributed by atoms with E-state index in [4.69, 9.17) is 30.8 Å². The molecule has 0 radical (unpaired) electrons. The summed E-state index contributed by atoms with van der Waals surface area (Å²) in [5.74, 6) is 3.25. The molecule has 0 saturated heterocycles. The Balaban J connectivity index is 1.21. The van der Waals surface area contributed by atoms with Gasteiger partial charge in [0.25, 0.3) is 6.43 Å². The van der Waals surface area contributed by atoms with Gasteiger partial charge in [-0.25, -0.2) is 28.3 Å². The number of hydrogen-bond donors (Lipinski definition) is 0. The van der Waals surface area contributed by atoms with Gasteiger partial charge in [0.2, 0.25) is 5.88 Å². The van der Waals surface area contributed by atoms with Gasteiger partial charge in [-0.15, -0.1) is 11.3 Å². The van der Waals surface area contributed by atoms with Crippen LogP contribution in [0.1, 0.15) is 47.8 Å². The summed E-state index contributed by atoms with van der Waals surface area (Å²) in [4.78, 5) is 42.1. The third-order valence-electron chi connectivity index (χ3n) is 8.99. The largest absolute Gasteiger partial charge is 0.491 e. The lowest BCUT2D eigenvalue weighted by atomic mass is 9.87. The van der Waals surface area contributed by atoms with Gasteiger partial charge in [0.15, 0.2) is 5.94 Å². The molecule has 0 spiro atoms. The maximum absolute atomic E-state index is 13.8. The van der Waals surface area contributed by atoms with Gasteiger partial charge in [0.1, 0.15) is 23.9 Å². The van der Waals surface area contributed by atoms with Crippen LogP contribution in [0.3, 0.4) is 0 Å². The summed E-state index contributed by atoms with van der Waals surface area (Å²) < 4.78 is 45.0. The Morgan fingerprint density at radius 2 is 2.00 bits per heavy atom. The van der Waals surface area contributed by atoms with Gasteiger partial charge in [-0.3, -0.25) is 9.88 Å². The van der Waals surface area contributed by atoms with Crippen molar-refractivity contribution >= 4 is 50.9 Å². The Kier molecular flexibility index (Phi) is 11.1. The lowest BCUT2D eigenvalue weighted by molar-refractivity contribution is 0.0563. The number of allylic oxidation sites excluding steroid dienone is 2. The molecule has 51 heavy (non-hydrogen) atoms. The molecule has 1 aliphatic carbocycles. The monoisotopic (exact) mass is 735 g/mol. The van der Waals surface area contributed by atoms with Crippen molar-refractivity contribution in [2.24, 2.45) is 4.99 Å². The quantitative estimate of drug-likeness (QED) is 0.108. The summed E-state index contributed by atoms with van der Waals surface area (Å²) in [6.07, 6.45) is 0.588. The number of aryl methyl sites for hydroxylation is 1. The fourth-order valence-corrected chi connectivity index (χ4v) is 7.82. The van der Waals surface area contributed by atoms with Crippen molar-refractivity contribution in [1.82, 2.24) is 19.8 Å². The van der Waals surface area contributed by atoms with Gasteiger partial charge in [-0.1, -0.05) is 11.6 Å². The number of aromatic nitrogens is 2. The van der Waals surface area contributed by atoms with Crippen LogP contribution in [0.5, 0.6) is 11.6 Å². The van der Waals surface area contributed by atoms with Crippen LogP contribution >= 0.6 is 22.9 Å². The first-order valence-electron chi connectivity index (χ1n) is 16.3. The van der Waals surface area contributed by atoms with E-state index in [1.165, 1.54) is 25.6 Å². The average Bonchev–Trinajstić information content (AvgIpc) is 3.54. The number of ether oxygens (including phenoxy) is 3. The molecule has 266 valence electrons. The van der Waals surface area contributed by atoms with E-state index < -0.39 is 18.9 Å². The van der Waals surface area contributed by atoms with E-state index in [1.807, 2.05) is 19.9 Å². The third kappa shape index (κ3) is 7.82. The standard InChI is InChI=1S/C37H36ClF2N5O5S/c1-21-13-27(36-35(42-21)29(20-51-36)37(47)49-4)26-15-24(38)5-8-32(26)50-12-11-45-22(2)43-30-7-6-25(16-28(30)31(45)19-46)44(18-33(39)40)17-23-9-10-41-34(14-23)48-3/h5,8-10,13-15,20,25,33H,6-7,11-12,16-18H2,1-4H3. The number of thiophene rings is 1. The van der Waals surface area contributed by atoms with E-state index >= 15 is 0 Å². The van der Waals surface area contributed by atoms with Gasteiger partial charge in [-0.05, 0) is 69.0 Å². The highest BCUT2D eigenvalue weighted by molar-refractivity contribution is 7.18. The maximum atomic E-state index is 13.8. The van der Waals surface area contributed by atoms with Crippen molar-refractivity contribution in [2.75, 3.05) is 33.9 Å². The molecule has 4 heterocycles. The van der Waals surface area contributed by atoms with E-state index in [0.29, 0.717) is 69.8 Å². The van der Waals surface area contributed by atoms with Gasteiger partial charge in [0, 0.05) is 63.3 Å². The van der Waals surface area contributed by atoms with E-state index in [9.17, 15) is 18.4 Å². The van der Waals surface area contributed by atoms with E-state index in [0.717, 1.165) is 27.1 Å². The lowest BCUT2D eigenvalue weighted by Gasteiger charge is -2.39. The van der Waals surface area contributed by atoms with Gasteiger partial charge >= 0.3 is 5.97 Å². The number of halogens is 3. The molecular formula is C37H36ClF2N5O5S. The SMILES string of the molecule is COC(=O)c1csc2c(-c3cc(Cl)ccc3OCCN3C(=C=O)C4=C(CCC(N(Cc5ccnc(OC)c5)CC(F)F)C4)N=C3C)cc(C)nc12. The molecule has 3 aromatic heterocycles. The lowest BCUT2D eigenvalue weighted by Crippen LogP contribution is -2.43. The topological polar surface area (TPSA) is 106 Å². The van der Waals surface area contributed by atoms with Crippen LogP contribution in [-0.4, -0.2) is 83.9 Å². The molecule has 4 aromatic rings. The molecular weight excluding hydrogens is 700 g/mol. The van der Waals surface area contributed by atoms with E-state index in [2.05, 4.69) is 15.9 Å². The smallest absolute Gasteiger partial charge is 0.340 e. The van der Waals surface area contributed by atoms with Crippen LogP contribution in [-0.2, 0) is 16.1 Å². The Morgan fingerprint density at radius 1 is 1.18 bits per heavy atom. The number of hydrogen-bond acceptors (Lipinski definition) is 11. The number of nitrogens with zero attached hydrogens (tertiary/aromatic N) is 5. The number of methoxy groups -OCH3 is 2. The maximum Gasteiger partial charge on any atom is 0.340 e. The summed E-state index contributed by atoms with van der Waals surface area (Å²) in [5, 5.41) is 2.23. The molecule has 1 atom stereocenters. The Labute approximate surface area is 303 Å². The van der Waals surface area contributed by atoms with Gasteiger partial charge < -0.3 is 19.1 Å². The molecule has 10 nitrogen and oxygen atoms in total. The Hall–Kier alpha value is -4.68. The number of carbonyl (C=O) groups is 1. The number of esters is 1. The molecule has 1 aromatic carbocycles. The van der Waals surface area contributed by atoms with Crippen molar-refractivity contribution < 1.29 is 32.6 Å². The highest BCUT2D eigenvalue weighted by atomic mass is 35.5. The van der Waals surface area contributed by atoms with Gasteiger partial charge in [0.05, 0.1) is 43.1 Å². The van der Waals surface area contributed by atoms with Crippen LogP contribution in [0.15, 0.2) is 69.9 Å². The zero-order valence-corrected chi connectivity index (χ0v) is 30.1. The number of alkyl halides is 2. The highest BCUT2D eigenvalue weighted by Crippen LogP contribution is 2.41. The summed E-state index contributed by atoms with van der Waals surface area (Å²) in [6, 6.07) is 10.5. The van der Waals surface area contributed by atoms with Crippen LogP contribution in [0.4, 0.5) is 8.78 Å². The summed E-state index contributed by atoms with van der Waals surface area (Å²) in [7, 11) is 2.84. The van der Waals surface area contributed by atoms with E-state index in [1.54, 1.807) is 51.7 Å². The summed E-state index contributed by atoms with van der Waals surface area (Å²) in [6.45, 7) is 3.98. The number of fused-ring (bicyclic) bond motifs is 1. The first-order valence-corrected chi connectivity index (χ1v) is 17.6. The second kappa shape index (κ2) is 15.7. The van der Waals surface area contributed by atoms with Crippen molar-refractivity contribution in [2.45, 2.75) is 52.1 Å². The molecule has 0 fully saturated rings. The first kappa shape index (κ1) is 36.1. The zero-order valence-electron chi connectivity index (χ0n) is 28.5. The minimum atomic E-state index is -2.54. The number of pyridine rings is 2. The zero-order chi connectivity index (χ0) is 36.2. The Bertz CT molecular complexity index is 2080. The van der Waals surface area contributed by atoms with Crippen molar-refractivity contribution in [3.8, 4) is 22.8 Å². The molecule has 0 N–H and O–H groups in total. The fraction of sp³-hybridized carbons (Fsp3) is 0.351. The predicted octanol–water partition coefficient (Wildman–Crippen LogP) is 7.52. The minimum Gasteiger partial charge on any atom is -0.491 e. The molecule has 14 heteroatoms. The van der Waals surface area contributed by atoms with Gasteiger partial charge in [-0.2, -0.15) is 0 Å². The molecule has 6 rings (SSSR count). The predicted molar refractivity (Wildman–Crippen MR) is 193 cm³/mol. The molecule has 2 aliphatic rings. The number of aliphatic imine (C=N–C) groups is 1. The van der Waals surface area contributed by atoms with Crippen LogP contribution < -0.4 is 9.47 Å². The van der Waals surface area contributed by atoms with Crippen LogP contribution in [0, 0.1) is 6.92 Å². The molecule has 1 aliphatic heterocycles. The number of benzene rings is 1. The fourth-order valence-electron chi connectivity index (χ4n) is 6.64. The Morgan fingerprint density at radius 3 is 2.75 bits per heavy atom. The third-order valence-corrected chi connectivity index (χ3v) is 10.2. The highest BCUT2D eigenvalue weighted by Gasteiger charge is 2.34. The molecule has 0 bridgehead atoms. The average molecular weight is 736 g/mol. The second-order valence-corrected chi connectivity index (χ2v) is 13.5. The van der Waals surface area contributed by atoms with E-state index in [-0.39, 0.29) is 25.7 Å². The summed E-state index contributed by atoms with van der Waals surface area (Å²) in [5.41, 5.74) is 5.78. The molecule has 1 unspecified atom stereocenters. The van der Waals surface area contributed by atoms with Crippen molar-refractivity contribution in [3.05, 3.63) is 86.8 Å². The van der Waals surface area contributed by atoms with Crippen molar-refractivity contribution in [1.29, 1.82) is 0 Å². The number of carbonyl (C=O) groups excluding carboxylic acids is 2. The second-order valence-electron chi connectivity index (χ2n) is 12.2. The molecule has 0 amide bonds. The normalized spacial score (nSPS) is 16.0. The number of amidine groups is 1. The van der Waals surface area contributed by atoms with Crippen LogP contribution in [0.2, 0.25) is 5.02 Å². The summed E-state index contributed by atoms with van der Waals surface area (Å²) >= 11 is 7.84. The number of rotatable bonds is 12. The van der Waals surface area contributed by atoms with Crippen LogP contribution in [0.25, 0.3) is 21.3 Å². The first-order chi connectivity index (χ1) is 24.6.